The molecule has 0 aromatic carbocycles. The molecule has 0 fully saturated rings. The number of nitrogens with zero attached hydrogens (tertiary/aromatic N) is 4. The molecule has 26 heavy (non-hydrogen) atoms. The van der Waals surface area contributed by atoms with Gasteiger partial charge in [-0.15, -0.1) is 24.0 Å². The van der Waals surface area contributed by atoms with Crippen molar-refractivity contribution in [3.8, 4) is 0 Å². The van der Waals surface area contributed by atoms with E-state index in [0.717, 1.165) is 24.4 Å². The Bertz CT molecular complexity index is 720. The van der Waals surface area contributed by atoms with Gasteiger partial charge >= 0.3 is 0 Å². The minimum atomic E-state index is -0.0363. The number of nitrogens with one attached hydrogen (secondary N) is 2. The van der Waals surface area contributed by atoms with Gasteiger partial charge in [0.15, 0.2) is 5.96 Å². The predicted molar refractivity (Wildman–Crippen MR) is 113 cm³/mol. The maximum absolute atomic E-state index is 5.79. The van der Waals surface area contributed by atoms with Crippen molar-refractivity contribution in [2.45, 2.75) is 65.1 Å². The van der Waals surface area contributed by atoms with Gasteiger partial charge in [-0.3, -0.25) is 4.99 Å². The maximum Gasteiger partial charge on any atom is 0.213 e. The van der Waals surface area contributed by atoms with Crippen LogP contribution in [-0.2, 0) is 31.5 Å². The molecule has 2 aromatic heterocycles. The highest BCUT2D eigenvalue weighted by Crippen LogP contribution is 2.22. The molecule has 7 nitrogen and oxygen atoms in total. The Morgan fingerprint density at radius 2 is 2.04 bits per heavy atom. The van der Waals surface area contributed by atoms with Crippen LogP contribution in [0.4, 0.5) is 0 Å². The van der Waals surface area contributed by atoms with Crippen molar-refractivity contribution >= 4 is 29.9 Å². The van der Waals surface area contributed by atoms with E-state index in [9.17, 15) is 0 Å². The fourth-order valence-electron chi connectivity index (χ4n) is 2.85. The van der Waals surface area contributed by atoms with Crippen molar-refractivity contribution in [1.29, 1.82) is 0 Å². The maximum atomic E-state index is 5.79. The van der Waals surface area contributed by atoms with Gasteiger partial charge in [-0.25, -0.2) is 9.97 Å². The number of aliphatic imine (C=N–C) groups is 1. The summed E-state index contributed by atoms with van der Waals surface area (Å²) in [6.45, 7) is 8.55. The second-order valence-electron chi connectivity index (χ2n) is 7.45. The van der Waals surface area contributed by atoms with Crippen LogP contribution in [0.2, 0.25) is 0 Å². The highest BCUT2D eigenvalue weighted by molar-refractivity contribution is 14.0. The van der Waals surface area contributed by atoms with Crippen molar-refractivity contribution in [1.82, 2.24) is 25.2 Å². The highest BCUT2D eigenvalue weighted by atomic mass is 127. The summed E-state index contributed by atoms with van der Waals surface area (Å²) >= 11 is 0. The molecule has 8 heteroatoms. The largest absolute Gasteiger partial charge is 0.443 e. The molecule has 0 saturated heterocycles. The molecule has 3 rings (SSSR count). The van der Waals surface area contributed by atoms with Gasteiger partial charge in [0.05, 0.1) is 25.0 Å². The van der Waals surface area contributed by atoms with E-state index < -0.39 is 0 Å². The molecule has 2 N–H and O–H groups in total. The van der Waals surface area contributed by atoms with E-state index in [4.69, 9.17) is 9.40 Å². The first-order valence-electron chi connectivity index (χ1n) is 8.90. The SMILES string of the molecule is CN=C(NCc1cn2c(n1)CCCC2)NCc1ncc(C(C)(C)C)o1.I. The van der Waals surface area contributed by atoms with Crippen LogP contribution in [0.25, 0.3) is 0 Å². The van der Waals surface area contributed by atoms with E-state index >= 15 is 0 Å². The normalized spacial score (nSPS) is 14.5. The molecule has 0 radical (unpaired) electrons. The van der Waals surface area contributed by atoms with Crippen LogP contribution in [0.1, 0.15) is 56.8 Å². The van der Waals surface area contributed by atoms with E-state index in [1.165, 1.54) is 18.7 Å². The van der Waals surface area contributed by atoms with E-state index in [0.29, 0.717) is 24.9 Å². The zero-order valence-electron chi connectivity index (χ0n) is 16.0. The lowest BCUT2D eigenvalue weighted by Gasteiger charge is -2.13. The van der Waals surface area contributed by atoms with Gasteiger partial charge in [-0.2, -0.15) is 0 Å². The van der Waals surface area contributed by atoms with Crippen molar-refractivity contribution in [3.63, 3.8) is 0 Å². The lowest BCUT2D eigenvalue weighted by atomic mass is 9.94. The summed E-state index contributed by atoms with van der Waals surface area (Å²) in [5.74, 6) is 3.45. The minimum absolute atomic E-state index is 0. The molecule has 0 amide bonds. The predicted octanol–water partition coefficient (Wildman–Crippen LogP) is 2.99. The van der Waals surface area contributed by atoms with E-state index in [2.05, 4.69) is 52.1 Å². The lowest BCUT2D eigenvalue weighted by molar-refractivity contribution is 0.379. The Morgan fingerprint density at radius 1 is 1.27 bits per heavy atom. The van der Waals surface area contributed by atoms with Crippen LogP contribution in [0.15, 0.2) is 21.8 Å². The van der Waals surface area contributed by atoms with Crippen molar-refractivity contribution < 1.29 is 4.42 Å². The van der Waals surface area contributed by atoms with Gasteiger partial charge in [0.25, 0.3) is 0 Å². The average Bonchev–Trinajstić information content (AvgIpc) is 3.21. The van der Waals surface area contributed by atoms with Crippen LogP contribution in [0.3, 0.4) is 0 Å². The number of fused-ring (bicyclic) bond motifs is 1. The standard InChI is InChI=1S/C18H28N6O.HI/c1-18(2,3)14-10-20-16(25-14)11-22-17(19-4)21-9-13-12-24-8-6-5-7-15(24)23-13;/h10,12H,5-9,11H2,1-4H3,(H2,19,21,22);1H. The molecule has 0 unspecified atom stereocenters. The van der Waals surface area contributed by atoms with Crippen molar-refractivity contribution in [2.24, 2.45) is 4.99 Å². The smallest absolute Gasteiger partial charge is 0.213 e. The van der Waals surface area contributed by atoms with Gasteiger partial charge in [0.2, 0.25) is 5.89 Å². The van der Waals surface area contributed by atoms with Crippen LogP contribution >= 0.6 is 24.0 Å². The third-order valence-corrected chi connectivity index (χ3v) is 4.32. The number of aryl methyl sites for hydroxylation is 2. The zero-order valence-corrected chi connectivity index (χ0v) is 18.3. The number of rotatable bonds is 4. The first-order chi connectivity index (χ1) is 12.0. The number of aromatic nitrogens is 3. The average molecular weight is 472 g/mol. The first-order valence-corrected chi connectivity index (χ1v) is 8.90. The van der Waals surface area contributed by atoms with Crippen LogP contribution in [0.5, 0.6) is 0 Å². The van der Waals surface area contributed by atoms with Gasteiger partial charge in [-0.1, -0.05) is 20.8 Å². The Balaban J connectivity index is 0.00000243. The number of imidazole rings is 1. The molecular formula is C18H29IN6O. The van der Waals surface area contributed by atoms with Gasteiger partial charge in [0.1, 0.15) is 11.6 Å². The summed E-state index contributed by atoms with van der Waals surface area (Å²) in [4.78, 5) is 13.3. The topological polar surface area (TPSA) is 80.3 Å². The Kier molecular flexibility index (Phi) is 7.08. The number of hydrogen-bond acceptors (Lipinski definition) is 4. The van der Waals surface area contributed by atoms with Crippen molar-refractivity contribution in [2.75, 3.05) is 7.05 Å². The fourth-order valence-corrected chi connectivity index (χ4v) is 2.85. The molecule has 0 saturated carbocycles. The van der Waals surface area contributed by atoms with Gasteiger partial charge in [0, 0.05) is 31.6 Å². The van der Waals surface area contributed by atoms with Gasteiger partial charge < -0.3 is 19.6 Å². The Labute approximate surface area is 172 Å². The summed E-state index contributed by atoms with van der Waals surface area (Å²) in [5.41, 5.74) is 1.01. The number of hydrogen-bond donors (Lipinski definition) is 2. The van der Waals surface area contributed by atoms with E-state index in [1.807, 2.05) is 0 Å². The molecule has 0 atom stereocenters. The summed E-state index contributed by atoms with van der Waals surface area (Å²) in [5, 5.41) is 6.53. The fraction of sp³-hybridized carbons (Fsp3) is 0.611. The quantitative estimate of drug-likeness (QED) is 0.407. The Morgan fingerprint density at radius 3 is 2.69 bits per heavy atom. The molecule has 2 aromatic rings. The van der Waals surface area contributed by atoms with Gasteiger partial charge in [-0.05, 0) is 12.8 Å². The van der Waals surface area contributed by atoms with Crippen molar-refractivity contribution in [3.05, 3.63) is 35.6 Å². The molecule has 1 aliphatic heterocycles. The van der Waals surface area contributed by atoms with Crippen LogP contribution in [0, 0.1) is 0 Å². The summed E-state index contributed by atoms with van der Waals surface area (Å²) in [6.07, 6.45) is 7.49. The second-order valence-corrected chi connectivity index (χ2v) is 7.45. The molecule has 0 bridgehead atoms. The molecule has 0 spiro atoms. The zero-order chi connectivity index (χ0) is 17.9. The highest BCUT2D eigenvalue weighted by Gasteiger charge is 2.19. The first kappa shape index (κ1) is 20.7. The second kappa shape index (κ2) is 8.88. The minimum Gasteiger partial charge on any atom is -0.443 e. The molecule has 0 aliphatic carbocycles. The van der Waals surface area contributed by atoms with Crippen LogP contribution < -0.4 is 10.6 Å². The Hall–Kier alpha value is -1.58. The third-order valence-electron chi connectivity index (χ3n) is 4.32. The number of halogens is 1. The van der Waals surface area contributed by atoms with Crippen LogP contribution in [-0.4, -0.2) is 27.5 Å². The summed E-state index contributed by atoms with van der Waals surface area (Å²) < 4.78 is 8.05. The summed E-state index contributed by atoms with van der Waals surface area (Å²) in [7, 11) is 1.75. The third kappa shape index (κ3) is 5.21. The molecular weight excluding hydrogens is 443 g/mol. The molecule has 144 valence electrons. The summed E-state index contributed by atoms with van der Waals surface area (Å²) in [6, 6.07) is 0. The lowest BCUT2D eigenvalue weighted by Crippen LogP contribution is -2.36. The van der Waals surface area contributed by atoms with E-state index in [1.54, 1.807) is 13.2 Å². The monoisotopic (exact) mass is 472 g/mol. The number of guanidine groups is 1. The molecule has 1 aliphatic rings. The molecule has 3 heterocycles. The number of oxazole rings is 1. The van der Waals surface area contributed by atoms with E-state index in [-0.39, 0.29) is 29.4 Å².